The molecule has 0 radical (unpaired) electrons. The van der Waals surface area contributed by atoms with E-state index in [1.807, 2.05) is 41.1 Å². The lowest BCUT2D eigenvalue weighted by atomic mass is 10.0. The quantitative estimate of drug-likeness (QED) is 0.774. The van der Waals surface area contributed by atoms with Gasteiger partial charge in [0.15, 0.2) is 0 Å². The van der Waals surface area contributed by atoms with Gasteiger partial charge in [0.25, 0.3) is 0 Å². The highest BCUT2D eigenvalue weighted by molar-refractivity contribution is 6.34. The van der Waals surface area contributed by atoms with E-state index in [0.717, 1.165) is 33.3 Å². The Morgan fingerprint density at radius 3 is 2.91 bits per heavy atom. The van der Waals surface area contributed by atoms with Crippen molar-refractivity contribution in [1.82, 2.24) is 4.57 Å². The SMILES string of the molecule is O=C1Cc2cc(-c3ccc4c(ccn4CCO)c3)c(Cl)cc2N1. The van der Waals surface area contributed by atoms with E-state index in [4.69, 9.17) is 16.7 Å². The van der Waals surface area contributed by atoms with Gasteiger partial charge in [-0.15, -0.1) is 0 Å². The van der Waals surface area contributed by atoms with Crippen LogP contribution in [-0.4, -0.2) is 22.2 Å². The van der Waals surface area contributed by atoms with Gasteiger partial charge in [-0.05, 0) is 41.5 Å². The monoisotopic (exact) mass is 326 g/mol. The van der Waals surface area contributed by atoms with E-state index >= 15 is 0 Å². The fourth-order valence-electron chi connectivity index (χ4n) is 3.14. The van der Waals surface area contributed by atoms with E-state index in [2.05, 4.69) is 11.4 Å². The third-order valence-corrected chi connectivity index (χ3v) is 4.55. The first-order chi connectivity index (χ1) is 11.2. The lowest BCUT2D eigenvalue weighted by Gasteiger charge is -2.09. The van der Waals surface area contributed by atoms with E-state index in [1.165, 1.54) is 0 Å². The van der Waals surface area contributed by atoms with Crippen molar-refractivity contribution in [3.05, 3.63) is 53.2 Å². The Labute approximate surface area is 138 Å². The van der Waals surface area contributed by atoms with Gasteiger partial charge in [-0.1, -0.05) is 17.7 Å². The molecule has 0 bridgehead atoms. The molecule has 4 nitrogen and oxygen atoms in total. The zero-order valence-corrected chi connectivity index (χ0v) is 13.1. The Kier molecular flexibility index (Phi) is 3.36. The van der Waals surface area contributed by atoms with Crippen molar-refractivity contribution < 1.29 is 9.90 Å². The normalized spacial score (nSPS) is 13.4. The molecule has 0 atom stereocenters. The number of aliphatic hydroxyl groups excluding tert-OH is 1. The number of aromatic nitrogens is 1. The molecule has 2 heterocycles. The Balaban J connectivity index is 1.80. The van der Waals surface area contributed by atoms with Crippen LogP contribution in [0.2, 0.25) is 5.02 Å². The van der Waals surface area contributed by atoms with Crippen molar-refractivity contribution in [2.75, 3.05) is 11.9 Å². The molecule has 0 spiro atoms. The summed E-state index contributed by atoms with van der Waals surface area (Å²) in [7, 11) is 0. The second kappa shape index (κ2) is 5.41. The van der Waals surface area contributed by atoms with Gasteiger partial charge >= 0.3 is 0 Å². The second-order valence-corrected chi connectivity index (χ2v) is 6.13. The number of aliphatic hydroxyl groups is 1. The molecular formula is C18H15ClN2O2. The van der Waals surface area contributed by atoms with Crippen molar-refractivity contribution in [2.24, 2.45) is 0 Å². The number of fused-ring (bicyclic) bond motifs is 2. The van der Waals surface area contributed by atoms with Crippen LogP contribution < -0.4 is 5.32 Å². The van der Waals surface area contributed by atoms with Gasteiger partial charge in [-0.2, -0.15) is 0 Å². The van der Waals surface area contributed by atoms with E-state index in [1.54, 1.807) is 0 Å². The third kappa shape index (κ3) is 2.40. The van der Waals surface area contributed by atoms with Crippen molar-refractivity contribution in [3.63, 3.8) is 0 Å². The largest absolute Gasteiger partial charge is 0.395 e. The van der Waals surface area contributed by atoms with Gasteiger partial charge in [0.1, 0.15) is 0 Å². The molecule has 5 heteroatoms. The van der Waals surface area contributed by atoms with E-state index in [0.29, 0.717) is 18.0 Å². The molecule has 0 saturated heterocycles. The maximum Gasteiger partial charge on any atom is 0.228 e. The van der Waals surface area contributed by atoms with Crippen LogP contribution in [0.15, 0.2) is 42.6 Å². The summed E-state index contributed by atoms with van der Waals surface area (Å²) < 4.78 is 2.02. The number of nitrogens with one attached hydrogen (secondary N) is 1. The zero-order chi connectivity index (χ0) is 16.0. The summed E-state index contributed by atoms with van der Waals surface area (Å²) in [6.45, 7) is 0.694. The van der Waals surface area contributed by atoms with E-state index < -0.39 is 0 Å². The molecular weight excluding hydrogens is 312 g/mol. The van der Waals surface area contributed by atoms with Gasteiger partial charge in [0.05, 0.1) is 18.1 Å². The number of rotatable bonds is 3. The van der Waals surface area contributed by atoms with Crippen LogP contribution >= 0.6 is 11.6 Å². The maximum absolute atomic E-state index is 11.5. The highest BCUT2D eigenvalue weighted by Gasteiger charge is 2.20. The van der Waals surface area contributed by atoms with Crippen LogP contribution in [0.3, 0.4) is 0 Å². The lowest BCUT2D eigenvalue weighted by Crippen LogP contribution is -2.03. The standard InChI is InChI=1S/C18H15ClN2O2/c19-15-10-16-13(9-18(23)20-16)8-14(15)11-1-2-17-12(7-11)3-4-21(17)5-6-22/h1-4,7-8,10,22H,5-6,9H2,(H,20,23). The lowest BCUT2D eigenvalue weighted by molar-refractivity contribution is -0.115. The average molecular weight is 327 g/mol. The molecule has 1 aromatic heterocycles. The molecule has 0 fully saturated rings. The van der Waals surface area contributed by atoms with Crippen LogP contribution in [0.5, 0.6) is 0 Å². The van der Waals surface area contributed by atoms with Crippen molar-refractivity contribution >= 4 is 34.1 Å². The zero-order valence-electron chi connectivity index (χ0n) is 12.3. The minimum Gasteiger partial charge on any atom is -0.395 e. The number of nitrogens with zero attached hydrogens (tertiary/aromatic N) is 1. The number of carbonyl (C=O) groups is 1. The topological polar surface area (TPSA) is 54.3 Å². The smallest absolute Gasteiger partial charge is 0.228 e. The molecule has 116 valence electrons. The highest BCUT2D eigenvalue weighted by atomic mass is 35.5. The minimum absolute atomic E-state index is 0.00440. The average Bonchev–Trinajstić information content (AvgIpc) is 3.09. The van der Waals surface area contributed by atoms with Gasteiger partial charge in [0.2, 0.25) is 5.91 Å². The number of benzene rings is 2. The molecule has 1 amide bonds. The predicted molar refractivity (Wildman–Crippen MR) is 91.8 cm³/mol. The summed E-state index contributed by atoms with van der Waals surface area (Å²) in [5.74, 6) is 0.00440. The number of halogens is 1. The summed E-state index contributed by atoms with van der Waals surface area (Å²) in [4.78, 5) is 11.5. The summed E-state index contributed by atoms with van der Waals surface area (Å²) in [6.07, 6.45) is 2.37. The first kappa shape index (κ1) is 14.3. The molecule has 0 unspecified atom stereocenters. The first-order valence-electron chi connectivity index (χ1n) is 7.48. The fourth-order valence-corrected chi connectivity index (χ4v) is 3.41. The van der Waals surface area contributed by atoms with Crippen molar-refractivity contribution in [1.29, 1.82) is 0 Å². The predicted octanol–water partition coefficient (Wildman–Crippen LogP) is 3.45. The molecule has 2 N–H and O–H groups in total. The molecule has 23 heavy (non-hydrogen) atoms. The Morgan fingerprint density at radius 2 is 2.09 bits per heavy atom. The van der Waals surface area contributed by atoms with E-state index in [9.17, 15) is 4.79 Å². The minimum atomic E-state index is 0.00440. The summed E-state index contributed by atoms with van der Waals surface area (Å²) in [6, 6.07) is 12.0. The number of anilines is 1. The van der Waals surface area contributed by atoms with Crippen LogP contribution in [0.1, 0.15) is 5.56 Å². The Morgan fingerprint density at radius 1 is 1.22 bits per heavy atom. The van der Waals surface area contributed by atoms with Crippen LogP contribution in [0.4, 0.5) is 5.69 Å². The van der Waals surface area contributed by atoms with Gasteiger partial charge in [-0.25, -0.2) is 0 Å². The van der Waals surface area contributed by atoms with Crippen molar-refractivity contribution in [2.45, 2.75) is 13.0 Å². The fraction of sp³-hybridized carbons (Fsp3) is 0.167. The summed E-state index contributed by atoms with van der Waals surface area (Å²) in [5, 5.41) is 13.6. The second-order valence-electron chi connectivity index (χ2n) is 5.72. The van der Waals surface area contributed by atoms with Gasteiger partial charge < -0.3 is 15.0 Å². The number of hydrogen-bond donors (Lipinski definition) is 2. The van der Waals surface area contributed by atoms with Crippen LogP contribution in [0.25, 0.3) is 22.0 Å². The number of hydrogen-bond acceptors (Lipinski definition) is 2. The third-order valence-electron chi connectivity index (χ3n) is 4.24. The Hall–Kier alpha value is -2.30. The molecule has 3 aromatic rings. The Bertz CT molecular complexity index is 930. The van der Waals surface area contributed by atoms with Gasteiger partial charge in [-0.3, -0.25) is 4.79 Å². The molecule has 2 aromatic carbocycles. The number of carbonyl (C=O) groups excluding carboxylic acids is 1. The highest BCUT2D eigenvalue weighted by Crippen LogP contribution is 2.36. The molecule has 1 aliphatic rings. The van der Waals surface area contributed by atoms with Crippen LogP contribution in [-0.2, 0) is 17.8 Å². The van der Waals surface area contributed by atoms with Gasteiger partial charge in [0, 0.05) is 34.9 Å². The number of amides is 1. The molecule has 0 saturated carbocycles. The molecule has 0 aliphatic carbocycles. The summed E-state index contributed by atoms with van der Waals surface area (Å²) in [5.41, 5.74) is 4.81. The summed E-state index contributed by atoms with van der Waals surface area (Å²) >= 11 is 6.41. The maximum atomic E-state index is 11.5. The van der Waals surface area contributed by atoms with E-state index in [-0.39, 0.29) is 12.5 Å². The molecule has 4 rings (SSSR count). The molecule has 1 aliphatic heterocycles. The van der Waals surface area contributed by atoms with Crippen LogP contribution in [0, 0.1) is 0 Å². The first-order valence-corrected chi connectivity index (χ1v) is 7.86. The van der Waals surface area contributed by atoms with Crippen molar-refractivity contribution in [3.8, 4) is 11.1 Å².